The predicted molar refractivity (Wildman–Crippen MR) is 148 cm³/mol. The minimum Gasteiger partial charge on any atom is -0.378 e. The average molecular weight is 508 g/mol. The molecule has 0 bridgehead atoms. The van der Waals surface area contributed by atoms with Crippen LogP contribution in [-0.2, 0) is 4.74 Å². The minimum atomic E-state index is -0.470. The largest absolute Gasteiger partial charge is 0.378 e. The molecule has 2 aliphatic rings. The van der Waals surface area contributed by atoms with Crippen molar-refractivity contribution in [3.63, 3.8) is 0 Å². The summed E-state index contributed by atoms with van der Waals surface area (Å²) in [4.78, 5) is 12.7. The van der Waals surface area contributed by atoms with Crippen molar-refractivity contribution in [1.82, 2.24) is 15.2 Å². The van der Waals surface area contributed by atoms with Gasteiger partial charge in [-0.25, -0.2) is 4.39 Å². The summed E-state index contributed by atoms with van der Waals surface area (Å²) in [5, 5.41) is 14.7. The second-order valence-electron chi connectivity index (χ2n) is 8.77. The lowest BCUT2D eigenvalue weighted by Gasteiger charge is -2.30. The minimum absolute atomic E-state index is 0.132. The molecule has 0 saturated carbocycles. The van der Waals surface area contributed by atoms with Gasteiger partial charge in [0.15, 0.2) is 11.7 Å². The number of guanidine groups is 1. The van der Waals surface area contributed by atoms with Gasteiger partial charge in [-0.2, -0.15) is 10.1 Å². The summed E-state index contributed by atoms with van der Waals surface area (Å²) in [7, 11) is 0. The van der Waals surface area contributed by atoms with E-state index in [1.165, 1.54) is 23.5 Å². The summed E-state index contributed by atoms with van der Waals surface area (Å²) >= 11 is 0. The number of nitrogens with one attached hydrogen (secondary N) is 2. The van der Waals surface area contributed by atoms with Crippen LogP contribution in [0.5, 0.6) is 0 Å². The number of morpholine rings is 1. The summed E-state index contributed by atoms with van der Waals surface area (Å²) in [6, 6.07) is 10.2. The molecule has 2 saturated heterocycles. The number of ether oxygens (including phenoxy) is 1. The molecule has 0 spiro atoms. The highest BCUT2D eigenvalue weighted by Crippen LogP contribution is 2.25. The van der Waals surface area contributed by atoms with Gasteiger partial charge in [0, 0.05) is 50.6 Å². The fraction of sp³-hybridized carbons (Fsp3) is 0.385. The number of amidine groups is 1. The number of nitrogens with zero attached hydrogens (tertiary/aromatic N) is 6. The number of aliphatic imine (C=N–C) groups is 1. The number of hydrogen-bond acceptors (Lipinski definition) is 7. The summed E-state index contributed by atoms with van der Waals surface area (Å²) in [5.41, 5.74) is 10.8. The van der Waals surface area contributed by atoms with E-state index in [1.54, 1.807) is 18.0 Å². The highest BCUT2D eigenvalue weighted by molar-refractivity contribution is 6.03. The van der Waals surface area contributed by atoms with Gasteiger partial charge in [0.05, 0.1) is 37.0 Å². The number of aryl methyl sites for hydroxylation is 1. The Labute approximate surface area is 216 Å². The van der Waals surface area contributed by atoms with E-state index in [-0.39, 0.29) is 11.8 Å². The summed E-state index contributed by atoms with van der Waals surface area (Å²) in [5.74, 6) is -0.484. The van der Waals surface area contributed by atoms with Gasteiger partial charge < -0.3 is 30.9 Å². The van der Waals surface area contributed by atoms with Crippen molar-refractivity contribution in [1.29, 1.82) is 0 Å². The highest BCUT2D eigenvalue weighted by Gasteiger charge is 2.19. The van der Waals surface area contributed by atoms with Gasteiger partial charge in [-0.15, -0.1) is 5.10 Å². The van der Waals surface area contributed by atoms with E-state index in [0.717, 1.165) is 37.6 Å². The molecule has 2 aliphatic heterocycles. The van der Waals surface area contributed by atoms with E-state index in [9.17, 15) is 4.39 Å². The van der Waals surface area contributed by atoms with Gasteiger partial charge in [0.1, 0.15) is 0 Å². The number of pyridine rings is 1. The van der Waals surface area contributed by atoms with E-state index in [2.05, 4.69) is 60.8 Å². The second-order valence-corrected chi connectivity index (χ2v) is 8.77. The Morgan fingerprint density at radius 3 is 2.62 bits per heavy atom. The lowest BCUT2D eigenvalue weighted by atomic mass is 10.1. The highest BCUT2D eigenvalue weighted by atomic mass is 19.1. The number of rotatable bonds is 6. The molecule has 37 heavy (non-hydrogen) atoms. The van der Waals surface area contributed by atoms with Crippen LogP contribution in [-0.4, -0.2) is 80.4 Å². The van der Waals surface area contributed by atoms with Crippen LogP contribution in [0.15, 0.2) is 63.6 Å². The van der Waals surface area contributed by atoms with Crippen LogP contribution >= 0.6 is 0 Å². The first-order valence-electron chi connectivity index (χ1n) is 12.4. The van der Waals surface area contributed by atoms with E-state index in [1.807, 2.05) is 12.1 Å². The molecule has 1 aromatic carbocycles. The standard InChI is InChI=1S/C26H34FN9O/c1-3-24(27)25(36-10-12-37-13-11-36)33-26(28)34-31-18-20-4-5-21(17-30-20)32-22-14-19(2)15-23(16-22)35-8-6-29-7-9-35/h3-5,14-18,29,32H,6-13H2,1-2H3,(H2,28,34)/b24-3+,31-18+,33-25+. The van der Waals surface area contributed by atoms with Crippen LogP contribution in [0.25, 0.3) is 0 Å². The van der Waals surface area contributed by atoms with Crippen molar-refractivity contribution < 1.29 is 9.13 Å². The molecule has 0 amide bonds. The average Bonchev–Trinajstić information content (AvgIpc) is 2.93. The number of piperazine rings is 1. The topological polar surface area (TPSA) is 116 Å². The van der Waals surface area contributed by atoms with Crippen LogP contribution in [0.3, 0.4) is 0 Å². The third kappa shape index (κ3) is 7.58. The SMILES string of the molecule is C\C=C(F)/C(=N\C(N)=N/N=C/c1ccc(Nc2cc(C)cc(N3CCNCC3)c2)cn1)N1CCOCC1. The van der Waals surface area contributed by atoms with Crippen molar-refractivity contribution in [3.05, 3.63) is 59.7 Å². The Morgan fingerprint density at radius 2 is 1.92 bits per heavy atom. The monoisotopic (exact) mass is 507 g/mol. The maximum Gasteiger partial charge on any atom is 0.242 e. The van der Waals surface area contributed by atoms with Crippen LogP contribution in [0.4, 0.5) is 21.5 Å². The van der Waals surface area contributed by atoms with Crippen LogP contribution in [0, 0.1) is 6.92 Å². The van der Waals surface area contributed by atoms with Crippen molar-refractivity contribution in [2.75, 3.05) is 62.7 Å². The van der Waals surface area contributed by atoms with Gasteiger partial charge in [0.2, 0.25) is 5.96 Å². The fourth-order valence-corrected chi connectivity index (χ4v) is 4.12. The zero-order valence-corrected chi connectivity index (χ0v) is 21.3. The number of anilines is 3. The van der Waals surface area contributed by atoms with E-state index in [0.29, 0.717) is 32.0 Å². The molecule has 2 fully saturated rings. The molecule has 4 rings (SSSR count). The molecule has 3 heterocycles. The van der Waals surface area contributed by atoms with Crippen molar-refractivity contribution >= 4 is 35.1 Å². The fourth-order valence-electron chi connectivity index (χ4n) is 4.12. The quantitative estimate of drug-likeness (QED) is 0.313. The smallest absolute Gasteiger partial charge is 0.242 e. The first kappa shape index (κ1) is 26.2. The second kappa shape index (κ2) is 12.9. The lowest BCUT2D eigenvalue weighted by molar-refractivity contribution is 0.0677. The van der Waals surface area contributed by atoms with Crippen LogP contribution in [0.2, 0.25) is 0 Å². The number of halogens is 1. The van der Waals surface area contributed by atoms with Gasteiger partial charge in [0.25, 0.3) is 0 Å². The first-order valence-corrected chi connectivity index (χ1v) is 12.4. The molecule has 2 aromatic rings. The molecule has 0 radical (unpaired) electrons. The maximum atomic E-state index is 14.3. The summed E-state index contributed by atoms with van der Waals surface area (Å²) < 4.78 is 19.7. The molecule has 0 atom stereocenters. The molecule has 10 nitrogen and oxygen atoms in total. The van der Waals surface area contributed by atoms with E-state index in [4.69, 9.17) is 10.5 Å². The summed E-state index contributed by atoms with van der Waals surface area (Å²) in [6.07, 6.45) is 4.55. The number of benzene rings is 1. The number of nitrogens with two attached hydrogens (primary N) is 1. The maximum absolute atomic E-state index is 14.3. The van der Waals surface area contributed by atoms with Crippen molar-refractivity contribution in [3.8, 4) is 0 Å². The number of hydrogen-bond donors (Lipinski definition) is 3. The molecule has 196 valence electrons. The van der Waals surface area contributed by atoms with Gasteiger partial charge in [-0.05, 0) is 55.8 Å². The number of allylic oxidation sites excluding steroid dienone is 1. The Morgan fingerprint density at radius 1 is 1.14 bits per heavy atom. The van der Waals surface area contributed by atoms with E-state index >= 15 is 0 Å². The molecule has 0 aliphatic carbocycles. The normalized spacial score (nSPS) is 18.0. The molecular formula is C26H34FN9O. The molecule has 1 aromatic heterocycles. The lowest BCUT2D eigenvalue weighted by Crippen LogP contribution is -2.43. The van der Waals surface area contributed by atoms with Crippen LogP contribution < -0.4 is 21.3 Å². The molecule has 11 heteroatoms. The third-order valence-corrected chi connectivity index (χ3v) is 5.97. The molecule has 4 N–H and O–H groups in total. The summed E-state index contributed by atoms with van der Waals surface area (Å²) in [6.45, 7) is 9.74. The Hall–Kier alpha value is -3.83. The molecular weight excluding hydrogens is 473 g/mol. The number of aromatic nitrogens is 1. The van der Waals surface area contributed by atoms with Crippen molar-refractivity contribution in [2.24, 2.45) is 20.9 Å². The Balaban J connectivity index is 1.39. The zero-order chi connectivity index (χ0) is 26.0. The molecule has 0 unspecified atom stereocenters. The Bertz CT molecular complexity index is 1170. The zero-order valence-electron chi connectivity index (χ0n) is 21.3. The Kier molecular flexibility index (Phi) is 9.17. The predicted octanol–water partition coefficient (Wildman–Crippen LogP) is 2.80. The van der Waals surface area contributed by atoms with Gasteiger partial charge in [-0.3, -0.25) is 4.98 Å². The van der Waals surface area contributed by atoms with Crippen LogP contribution in [0.1, 0.15) is 18.2 Å². The van der Waals surface area contributed by atoms with Gasteiger partial charge >= 0.3 is 0 Å². The van der Waals surface area contributed by atoms with Gasteiger partial charge in [-0.1, -0.05) is 0 Å². The first-order chi connectivity index (χ1) is 18.0. The van der Waals surface area contributed by atoms with E-state index < -0.39 is 5.83 Å². The third-order valence-electron chi connectivity index (χ3n) is 5.97. The van der Waals surface area contributed by atoms with Crippen molar-refractivity contribution in [2.45, 2.75) is 13.8 Å².